The third kappa shape index (κ3) is 3.86. The Balaban J connectivity index is 1.65. The molecular formula is C22H21FN4O4. The van der Waals surface area contributed by atoms with Crippen molar-refractivity contribution in [1.82, 2.24) is 15.3 Å². The second-order valence-corrected chi connectivity index (χ2v) is 7.22. The van der Waals surface area contributed by atoms with Gasteiger partial charge in [0.25, 0.3) is 5.91 Å². The van der Waals surface area contributed by atoms with Crippen LogP contribution in [0.25, 0.3) is 10.9 Å². The van der Waals surface area contributed by atoms with Crippen molar-refractivity contribution in [1.29, 1.82) is 0 Å². The summed E-state index contributed by atoms with van der Waals surface area (Å²) in [6.07, 6.45) is 1.53. The van der Waals surface area contributed by atoms with Gasteiger partial charge >= 0.3 is 6.09 Å². The number of amides is 2. The van der Waals surface area contributed by atoms with Crippen LogP contribution in [0.2, 0.25) is 0 Å². The molecule has 1 fully saturated rings. The first-order valence-electron chi connectivity index (χ1n) is 9.84. The summed E-state index contributed by atoms with van der Waals surface area (Å²) in [5.74, 6) is -1.03. The number of halogens is 1. The van der Waals surface area contributed by atoms with Crippen molar-refractivity contribution in [3.8, 4) is 5.75 Å². The average molecular weight is 424 g/mol. The molecule has 31 heavy (non-hydrogen) atoms. The van der Waals surface area contributed by atoms with Crippen LogP contribution in [-0.2, 0) is 4.74 Å². The van der Waals surface area contributed by atoms with Gasteiger partial charge in [-0.05, 0) is 43.2 Å². The van der Waals surface area contributed by atoms with E-state index < -0.39 is 12.0 Å². The molecule has 0 aliphatic heterocycles. The molecule has 2 unspecified atom stereocenters. The van der Waals surface area contributed by atoms with Gasteiger partial charge < -0.3 is 15.2 Å². The highest BCUT2D eigenvalue weighted by atomic mass is 19.1. The monoisotopic (exact) mass is 424 g/mol. The van der Waals surface area contributed by atoms with E-state index in [9.17, 15) is 19.1 Å². The summed E-state index contributed by atoms with van der Waals surface area (Å²) in [4.78, 5) is 34.9. The number of nitrogens with zero attached hydrogens (tertiary/aromatic N) is 3. The lowest BCUT2D eigenvalue weighted by Gasteiger charge is -2.21. The molecule has 2 heterocycles. The summed E-state index contributed by atoms with van der Waals surface area (Å²) >= 11 is 0. The van der Waals surface area contributed by atoms with Crippen LogP contribution in [0.3, 0.4) is 0 Å². The number of aromatic hydroxyl groups is 1. The van der Waals surface area contributed by atoms with Crippen molar-refractivity contribution in [2.75, 3.05) is 18.6 Å². The summed E-state index contributed by atoms with van der Waals surface area (Å²) in [7, 11) is 1.25. The van der Waals surface area contributed by atoms with Gasteiger partial charge in [0.15, 0.2) is 11.4 Å². The minimum absolute atomic E-state index is 0.0620. The zero-order valence-electron chi connectivity index (χ0n) is 17.0. The molecule has 0 spiro atoms. The second kappa shape index (κ2) is 8.17. The molecule has 1 aliphatic rings. The molecule has 2 aromatic heterocycles. The summed E-state index contributed by atoms with van der Waals surface area (Å²) in [6, 6.07) is 9.29. The van der Waals surface area contributed by atoms with Gasteiger partial charge in [0.05, 0.1) is 7.11 Å². The highest BCUT2D eigenvalue weighted by molar-refractivity contribution is 6.06. The van der Waals surface area contributed by atoms with E-state index in [4.69, 9.17) is 4.74 Å². The predicted octanol–water partition coefficient (Wildman–Crippen LogP) is 3.35. The molecule has 3 aromatic rings. The largest absolute Gasteiger partial charge is 0.504 e. The first kappa shape index (κ1) is 20.5. The van der Waals surface area contributed by atoms with Gasteiger partial charge in [-0.15, -0.1) is 0 Å². The van der Waals surface area contributed by atoms with E-state index >= 15 is 0 Å². The Hall–Kier alpha value is -3.75. The number of pyridine rings is 2. The third-order valence-corrected chi connectivity index (χ3v) is 5.30. The lowest BCUT2D eigenvalue weighted by molar-refractivity contribution is 0.0942. The summed E-state index contributed by atoms with van der Waals surface area (Å²) < 4.78 is 18.0. The summed E-state index contributed by atoms with van der Waals surface area (Å²) in [5.41, 5.74) is 0.854. The Morgan fingerprint density at radius 2 is 2.03 bits per heavy atom. The zero-order valence-corrected chi connectivity index (χ0v) is 17.0. The lowest BCUT2D eigenvalue weighted by atomic mass is 10.1. The molecule has 2 amide bonds. The fourth-order valence-electron chi connectivity index (χ4n) is 3.61. The van der Waals surface area contributed by atoms with Crippen LogP contribution in [-0.4, -0.2) is 46.8 Å². The minimum atomic E-state index is -0.643. The number of carbonyl (C=O) groups excluding carboxylic acids is 2. The van der Waals surface area contributed by atoms with Crippen LogP contribution in [0.1, 0.15) is 35.3 Å². The lowest BCUT2D eigenvalue weighted by Crippen LogP contribution is -2.33. The van der Waals surface area contributed by atoms with Crippen molar-refractivity contribution in [2.45, 2.75) is 25.3 Å². The van der Waals surface area contributed by atoms with Crippen LogP contribution in [0.15, 0.2) is 42.6 Å². The minimum Gasteiger partial charge on any atom is -0.504 e. The van der Waals surface area contributed by atoms with E-state index in [1.807, 2.05) is 0 Å². The maximum Gasteiger partial charge on any atom is 0.415 e. The Morgan fingerprint density at radius 1 is 1.29 bits per heavy atom. The number of nitrogens with one attached hydrogen (secondary N) is 1. The van der Waals surface area contributed by atoms with Crippen LogP contribution < -0.4 is 10.2 Å². The van der Waals surface area contributed by atoms with Gasteiger partial charge in [-0.2, -0.15) is 0 Å². The maximum atomic E-state index is 13.1. The van der Waals surface area contributed by atoms with Crippen molar-refractivity contribution in [3.05, 3.63) is 59.7 Å². The highest BCUT2D eigenvalue weighted by Gasteiger charge is 2.40. The summed E-state index contributed by atoms with van der Waals surface area (Å²) in [5, 5.41) is 13.9. The smallest absolute Gasteiger partial charge is 0.415 e. The second-order valence-electron chi connectivity index (χ2n) is 7.22. The van der Waals surface area contributed by atoms with Gasteiger partial charge in [-0.25, -0.2) is 14.2 Å². The molecule has 1 aromatic carbocycles. The standard InChI is InChI=1S/C22H21FN4O4/c1-3-27(22(30)31-2)20-14-5-4-10-24-17(14)19(28)18(26-20)21(29)25-16-11-15(16)12-6-8-13(23)9-7-12/h4-10,15-16,28H,3,11H2,1-2H3,(H,25,29). The van der Waals surface area contributed by atoms with Crippen LogP contribution in [0.4, 0.5) is 15.0 Å². The Kier molecular flexibility index (Phi) is 5.41. The molecule has 8 nitrogen and oxygen atoms in total. The van der Waals surface area contributed by atoms with E-state index in [0.717, 1.165) is 5.56 Å². The van der Waals surface area contributed by atoms with E-state index in [1.165, 1.54) is 30.3 Å². The first-order valence-corrected chi connectivity index (χ1v) is 9.84. The number of fused-ring (bicyclic) bond motifs is 1. The molecule has 0 bridgehead atoms. The molecule has 4 rings (SSSR count). The maximum absolute atomic E-state index is 13.1. The quantitative estimate of drug-likeness (QED) is 0.651. The molecule has 0 radical (unpaired) electrons. The topological polar surface area (TPSA) is 105 Å². The number of rotatable bonds is 5. The molecule has 2 N–H and O–H groups in total. The van der Waals surface area contributed by atoms with Crippen molar-refractivity contribution in [2.24, 2.45) is 0 Å². The Morgan fingerprint density at radius 3 is 2.71 bits per heavy atom. The average Bonchev–Trinajstić information content (AvgIpc) is 3.55. The predicted molar refractivity (Wildman–Crippen MR) is 112 cm³/mol. The molecule has 0 saturated heterocycles. The van der Waals surface area contributed by atoms with Gasteiger partial charge in [-0.3, -0.25) is 14.7 Å². The van der Waals surface area contributed by atoms with Crippen molar-refractivity contribution >= 4 is 28.7 Å². The number of benzene rings is 1. The van der Waals surface area contributed by atoms with Crippen LogP contribution in [0, 0.1) is 5.82 Å². The first-order chi connectivity index (χ1) is 14.9. The molecule has 9 heteroatoms. The fourth-order valence-corrected chi connectivity index (χ4v) is 3.61. The number of carbonyl (C=O) groups is 2. The molecular weight excluding hydrogens is 403 g/mol. The number of aromatic nitrogens is 2. The van der Waals surface area contributed by atoms with E-state index in [-0.39, 0.29) is 47.1 Å². The van der Waals surface area contributed by atoms with E-state index in [0.29, 0.717) is 11.8 Å². The number of hydrogen-bond donors (Lipinski definition) is 2. The molecule has 1 saturated carbocycles. The van der Waals surface area contributed by atoms with Crippen LogP contribution >= 0.6 is 0 Å². The SMILES string of the molecule is CCN(C(=O)OC)c1nc(C(=O)NC2CC2c2ccc(F)cc2)c(O)c2ncccc12. The number of anilines is 1. The Labute approximate surface area is 177 Å². The highest BCUT2D eigenvalue weighted by Crippen LogP contribution is 2.41. The van der Waals surface area contributed by atoms with Crippen molar-refractivity contribution in [3.63, 3.8) is 0 Å². The molecule has 160 valence electrons. The number of methoxy groups -OCH3 is 1. The van der Waals surface area contributed by atoms with E-state index in [1.54, 1.807) is 31.2 Å². The van der Waals surface area contributed by atoms with Crippen LogP contribution in [0.5, 0.6) is 5.75 Å². The Bertz CT molecular complexity index is 1150. The third-order valence-electron chi connectivity index (χ3n) is 5.30. The number of ether oxygens (including phenoxy) is 1. The fraction of sp³-hybridized carbons (Fsp3) is 0.273. The molecule has 1 aliphatic carbocycles. The normalized spacial score (nSPS) is 17.3. The van der Waals surface area contributed by atoms with Gasteiger partial charge in [0, 0.05) is 30.1 Å². The summed E-state index contributed by atoms with van der Waals surface area (Å²) in [6.45, 7) is 1.98. The van der Waals surface area contributed by atoms with Gasteiger partial charge in [-0.1, -0.05) is 12.1 Å². The zero-order chi connectivity index (χ0) is 22.1. The van der Waals surface area contributed by atoms with Gasteiger partial charge in [0.1, 0.15) is 17.2 Å². The molecule has 2 atom stereocenters. The number of hydrogen-bond acceptors (Lipinski definition) is 6. The van der Waals surface area contributed by atoms with Gasteiger partial charge in [0.2, 0.25) is 0 Å². The van der Waals surface area contributed by atoms with Crippen molar-refractivity contribution < 1.29 is 23.8 Å². The van der Waals surface area contributed by atoms with E-state index in [2.05, 4.69) is 15.3 Å².